The smallest absolute Gasteiger partial charge is 0.252 e. The maximum atomic E-state index is 11.3. The monoisotopic (exact) mass is 272 g/mol. The van der Waals surface area contributed by atoms with E-state index < -0.39 is 5.91 Å². The van der Waals surface area contributed by atoms with Crippen LogP contribution in [0.15, 0.2) is 36.5 Å². The Bertz CT molecular complexity index is 628. The SMILES string of the molecule is COc1ccc(N)cc1CNc1ncccc1C(N)=O. The number of nitrogens with two attached hydrogens (primary N) is 2. The highest BCUT2D eigenvalue weighted by molar-refractivity contribution is 5.97. The van der Waals surface area contributed by atoms with Crippen LogP contribution in [-0.4, -0.2) is 18.0 Å². The van der Waals surface area contributed by atoms with E-state index in [4.69, 9.17) is 16.2 Å². The molecule has 5 N–H and O–H groups in total. The number of benzene rings is 1. The van der Waals surface area contributed by atoms with E-state index in [1.165, 1.54) is 0 Å². The first kappa shape index (κ1) is 13.7. The number of nitrogen functional groups attached to an aromatic ring is 1. The molecular formula is C14H16N4O2. The number of anilines is 2. The molecule has 1 aromatic heterocycles. The first-order chi connectivity index (χ1) is 9.61. The van der Waals surface area contributed by atoms with Gasteiger partial charge in [0.1, 0.15) is 11.6 Å². The Morgan fingerprint density at radius 2 is 2.20 bits per heavy atom. The number of nitrogens with zero attached hydrogens (tertiary/aromatic N) is 1. The van der Waals surface area contributed by atoms with Gasteiger partial charge in [0.2, 0.25) is 0 Å². The van der Waals surface area contributed by atoms with Crippen molar-refractivity contribution in [3.05, 3.63) is 47.7 Å². The fourth-order valence-corrected chi connectivity index (χ4v) is 1.86. The van der Waals surface area contributed by atoms with E-state index in [9.17, 15) is 4.79 Å². The predicted molar refractivity (Wildman–Crippen MR) is 77.5 cm³/mol. The lowest BCUT2D eigenvalue weighted by Gasteiger charge is -2.12. The Morgan fingerprint density at radius 3 is 2.90 bits per heavy atom. The maximum Gasteiger partial charge on any atom is 0.252 e. The van der Waals surface area contributed by atoms with Gasteiger partial charge in [0, 0.05) is 24.0 Å². The number of rotatable bonds is 5. The molecule has 1 aromatic carbocycles. The molecule has 0 bridgehead atoms. The number of primary amides is 1. The highest BCUT2D eigenvalue weighted by Crippen LogP contribution is 2.22. The molecule has 0 radical (unpaired) electrons. The fourth-order valence-electron chi connectivity index (χ4n) is 1.86. The third kappa shape index (κ3) is 2.97. The summed E-state index contributed by atoms with van der Waals surface area (Å²) in [5.41, 5.74) is 12.9. The lowest BCUT2D eigenvalue weighted by Crippen LogP contribution is -2.15. The van der Waals surface area contributed by atoms with E-state index in [-0.39, 0.29) is 0 Å². The summed E-state index contributed by atoms with van der Waals surface area (Å²) in [6, 6.07) is 8.64. The summed E-state index contributed by atoms with van der Waals surface area (Å²) in [5, 5.41) is 3.07. The Morgan fingerprint density at radius 1 is 1.40 bits per heavy atom. The van der Waals surface area contributed by atoms with Gasteiger partial charge in [-0.05, 0) is 30.3 Å². The molecule has 0 aliphatic heterocycles. The van der Waals surface area contributed by atoms with Crippen molar-refractivity contribution in [1.29, 1.82) is 0 Å². The van der Waals surface area contributed by atoms with Gasteiger partial charge in [0.15, 0.2) is 0 Å². The molecule has 20 heavy (non-hydrogen) atoms. The van der Waals surface area contributed by atoms with Crippen molar-refractivity contribution in [1.82, 2.24) is 4.98 Å². The zero-order chi connectivity index (χ0) is 14.5. The second-order valence-electron chi connectivity index (χ2n) is 4.19. The van der Waals surface area contributed by atoms with Crippen LogP contribution < -0.4 is 21.5 Å². The van der Waals surface area contributed by atoms with Gasteiger partial charge in [-0.3, -0.25) is 4.79 Å². The Labute approximate surface area is 116 Å². The van der Waals surface area contributed by atoms with Crippen LogP contribution >= 0.6 is 0 Å². The van der Waals surface area contributed by atoms with E-state index in [0.717, 1.165) is 5.56 Å². The van der Waals surface area contributed by atoms with Crippen molar-refractivity contribution in [3.8, 4) is 5.75 Å². The predicted octanol–water partition coefficient (Wildman–Crippen LogP) is 1.38. The van der Waals surface area contributed by atoms with Crippen molar-refractivity contribution in [2.75, 3.05) is 18.2 Å². The Kier molecular flexibility index (Phi) is 4.05. The average Bonchev–Trinajstić information content (AvgIpc) is 2.45. The molecule has 6 heteroatoms. The van der Waals surface area contributed by atoms with Gasteiger partial charge in [0.05, 0.1) is 12.7 Å². The minimum absolute atomic E-state index is 0.343. The second kappa shape index (κ2) is 5.92. The van der Waals surface area contributed by atoms with Gasteiger partial charge in [-0.1, -0.05) is 0 Å². The van der Waals surface area contributed by atoms with Crippen LogP contribution in [0.3, 0.4) is 0 Å². The van der Waals surface area contributed by atoms with Gasteiger partial charge >= 0.3 is 0 Å². The number of hydrogen-bond acceptors (Lipinski definition) is 5. The molecule has 6 nitrogen and oxygen atoms in total. The van der Waals surface area contributed by atoms with E-state index in [1.54, 1.807) is 43.6 Å². The molecule has 0 spiro atoms. The first-order valence-electron chi connectivity index (χ1n) is 6.03. The second-order valence-corrected chi connectivity index (χ2v) is 4.19. The Balaban J connectivity index is 2.21. The molecule has 0 saturated heterocycles. The largest absolute Gasteiger partial charge is 0.496 e. The Hall–Kier alpha value is -2.76. The molecule has 1 amide bonds. The normalized spacial score (nSPS) is 10.1. The molecule has 1 heterocycles. The number of amides is 1. The van der Waals surface area contributed by atoms with E-state index in [1.807, 2.05) is 0 Å². The number of carbonyl (C=O) groups excluding carboxylic acids is 1. The number of pyridine rings is 1. The zero-order valence-electron chi connectivity index (χ0n) is 11.1. The quantitative estimate of drug-likeness (QED) is 0.713. The molecular weight excluding hydrogens is 256 g/mol. The van der Waals surface area contributed by atoms with Gasteiger partial charge < -0.3 is 21.5 Å². The van der Waals surface area contributed by atoms with Crippen molar-refractivity contribution in [3.63, 3.8) is 0 Å². The summed E-state index contributed by atoms with van der Waals surface area (Å²) in [5.74, 6) is 0.618. The summed E-state index contributed by atoms with van der Waals surface area (Å²) in [6.45, 7) is 0.422. The third-order valence-corrected chi connectivity index (χ3v) is 2.82. The van der Waals surface area contributed by atoms with Crippen LogP contribution in [0.5, 0.6) is 5.75 Å². The zero-order valence-corrected chi connectivity index (χ0v) is 11.1. The molecule has 2 rings (SSSR count). The maximum absolute atomic E-state index is 11.3. The van der Waals surface area contributed by atoms with Crippen molar-refractivity contribution in [2.24, 2.45) is 5.73 Å². The lowest BCUT2D eigenvalue weighted by atomic mass is 10.1. The molecule has 0 fully saturated rings. The van der Waals surface area contributed by atoms with Crippen molar-refractivity contribution < 1.29 is 9.53 Å². The molecule has 0 aliphatic carbocycles. The number of hydrogen-bond donors (Lipinski definition) is 3. The fraction of sp³-hybridized carbons (Fsp3) is 0.143. The van der Waals surface area contributed by atoms with Crippen LogP contribution in [0.25, 0.3) is 0 Å². The highest BCUT2D eigenvalue weighted by Gasteiger charge is 2.09. The minimum Gasteiger partial charge on any atom is -0.496 e. The summed E-state index contributed by atoms with van der Waals surface area (Å²) < 4.78 is 5.26. The van der Waals surface area contributed by atoms with Gasteiger partial charge in [-0.25, -0.2) is 4.98 Å². The number of nitrogens with one attached hydrogen (secondary N) is 1. The topological polar surface area (TPSA) is 103 Å². The van der Waals surface area contributed by atoms with E-state index in [2.05, 4.69) is 10.3 Å². The van der Waals surface area contributed by atoms with Gasteiger partial charge in [0.25, 0.3) is 5.91 Å². The van der Waals surface area contributed by atoms with Crippen LogP contribution in [-0.2, 0) is 6.54 Å². The average molecular weight is 272 g/mol. The summed E-state index contributed by atoms with van der Waals surface area (Å²) >= 11 is 0. The molecule has 2 aromatic rings. The number of carbonyl (C=O) groups is 1. The van der Waals surface area contributed by atoms with Gasteiger partial charge in [-0.15, -0.1) is 0 Å². The van der Waals surface area contributed by atoms with Crippen molar-refractivity contribution in [2.45, 2.75) is 6.54 Å². The highest BCUT2D eigenvalue weighted by atomic mass is 16.5. The third-order valence-electron chi connectivity index (χ3n) is 2.82. The summed E-state index contributed by atoms with van der Waals surface area (Å²) in [7, 11) is 1.59. The molecule has 0 saturated carbocycles. The van der Waals surface area contributed by atoms with Gasteiger partial charge in [-0.2, -0.15) is 0 Å². The molecule has 104 valence electrons. The number of methoxy groups -OCH3 is 1. The van der Waals surface area contributed by atoms with Crippen LogP contribution in [0.1, 0.15) is 15.9 Å². The van der Waals surface area contributed by atoms with Crippen LogP contribution in [0, 0.1) is 0 Å². The van der Waals surface area contributed by atoms with Crippen molar-refractivity contribution >= 4 is 17.4 Å². The number of aromatic nitrogens is 1. The van der Waals surface area contributed by atoms with Crippen LogP contribution in [0.4, 0.5) is 11.5 Å². The molecule has 0 unspecified atom stereocenters. The first-order valence-corrected chi connectivity index (χ1v) is 6.03. The van der Waals surface area contributed by atoms with E-state index in [0.29, 0.717) is 29.4 Å². The lowest BCUT2D eigenvalue weighted by molar-refractivity contribution is 0.100. The standard InChI is InChI=1S/C14H16N4O2/c1-20-12-5-4-10(15)7-9(12)8-18-14-11(13(16)19)3-2-6-17-14/h2-7H,8,15H2,1H3,(H2,16,19)(H,17,18). The number of ether oxygens (including phenoxy) is 1. The summed E-state index contributed by atoms with van der Waals surface area (Å²) in [4.78, 5) is 15.4. The van der Waals surface area contributed by atoms with Crippen LogP contribution in [0.2, 0.25) is 0 Å². The molecule has 0 aliphatic rings. The van der Waals surface area contributed by atoms with E-state index >= 15 is 0 Å². The molecule has 0 atom stereocenters. The summed E-state index contributed by atoms with van der Waals surface area (Å²) in [6.07, 6.45) is 1.59. The minimum atomic E-state index is -0.528.